The Bertz CT molecular complexity index is 446. The van der Waals surface area contributed by atoms with Gasteiger partial charge in [0.25, 0.3) is 5.91 Å². The topological polar surface area (TPSA) is 50.4 Å². The number of hydrogen-bond acceptors (Lipinski definition) is 3. The molecule has 4 heteroatoms. The van der Waals surface area contributed by atoms with Gasteiger partial charge in [0.1, 0.15) is 5.75 Å². The molecule has 1 atom stereocenters. The predicted octanol–water partition coefficient (Wildman–Crippen LogP) is 2.79. The van der Waals surface area contributed by atoms with E-state index >= 15 is 0 Å². The minimum atomic E-state index is -0.0719. The van der Waals surface area contributed by atoms with Crippen LogP contribution in [0.5, 0.6) is 5.75 Å². The van der Waals surface area contributed by atoms with E-state index in [9.17, 15) is 4.79 Å². The Morgan fingerprint density at radius 2 is 2.10 bits per heavy atom. The molecule has 1 unspecified atom stereocenters. The Kier molecular flexibility index (Phi) is 7.83. The molecule has 0 fully saturated rings. The molecule has 4 nitrogen and oxygen atoms in total. The van der Waals surface area contributed by atoms with E-state index in [0.29, 0.717) is 0 Å². The molecule has 1 amide bonds. The lowest BCUT2D eigenvalue weighted by Crippen LogP contribution is -2.35. The summed E-state index contributed by atoms with van der Waals surface area (Å²) >= 11 is 0. The summed E-state index contributed by atoms with van der Waals surface area (Å²) in [7, 11) is 0. The molecule has 1 aromatic carbocycles. The first-order valence-corrected chi connectivity index (χ1v) is 7.79. The van der Waals surface area contributed by atoms with Crippen LogP contribution >= 0.6 is 0 Å². The summed E-state index contributed by atoms with van der Waals surface area (Å²) in [6.07, 6.45) is 2.02. The van der Waals surface area contributed by atoms with E-state index < -0.39 is 0 Å². The second-order valence-electron chi connectivity index (χ2n) is 5.45. The summed E-state index contributed by atoms with van der Waals surface area (Å²) < 4.78 is 5.68. The third kappa shape index (κ3) is 6.63. The van der Waals surface area contributed by atoms with Crippen LogP contribution in [0, 0.1) is 6.92 Å². The van der Waals surface area contributed by atoms with Crippen molar-refractivity contribution >= 4 is 5.91 Å². The zero-order valence-corrected chi connectivity index (χ0v) is 13.7. The van der Waals surface area contributed by atoms with Gasteiger partial charge in [-0.25, -0.2) is 0 Å². The van der Waals surface area contributed by atoms with Crippen LogP contribution in [0.1, 0.15) is 44.7 Å². The largest absolute Gasteiger partial charge is 0.483 e. The third-order valence-electron chi connectivity index (χ3n) is 3.34. The summed E-state index contributed by atoms with van der Waals surface area (Å²) in [5.74, 6) is 0.709. The second-order valence-corrected chi connectivity index (χ2v) is 5.45. The number of carbonyl (C=O) groups is 1. The van der Waals surface area contributed by atoms with Gasteiger partial charge in [-0.3, -0.25) is 4.79 Å². The Hall–Kier alpha value is -1.55. The van der Waals surface area contributed by atoms with Crippen molar-refractivity contribution in [1.29, 1.82) is 0 Å². The Balaban J connectivity index is 2.58. The molecule has 0 spiro atoms. The van der Waals surface area contributed by atoms with E-state index in [2.05, 4.69) is 30.5 Å². The first-order valence-electron chi connectivity index (χ1n) is 7.79. The average molecular weight is 292 g/mol. The molecule has 0 heterocycles. The maximum atomic E-state index is 11.8. The molecular weight excluding hydrogens is 264 g/mol. The van der Waals surface area contributed by atoms with Crippen LogP contribution in [-0.4, -0.2) is 25.1 Å². The van der Waals surface area contributed by atoms with E-state index in [-0.39, 0.29) is 18.6 Å². The zero-order chi connectivity index (χ0) is 15.7. The highest BCUT2D eigenvalue weighted by molar-refractivity contribution is 5.77. The molecule has 0 bridgehead atoms. The Labute approximate surface area is 128 Å². The molecule has 0 aliphatic carbocycles. The van der Waals surface area contributed by atoms with Gasteiger partial charge in [-0.2, -0.15) is 0 Å². The molecule has 21 heavy (non-hydrogen) atoms. The van der Waals surface area contributed by atoms with Gasteiger partial charge in [0.15, 0.2) is 6.61 Å². The number of benzene rings is 1. The fraction of sp³-hybridized carbons (Fsp3) is 0.588. The summed E-state index contributed by atoms with van der Waals surface area (Å²) in [5.41, 5.74) is 2.29. The van der Waals surface area contributed by atoms with Crippen molar-refractivity contribution in [3.05, 3.63) is 29.3 Å². The van der Waals surface area contributed by atoms with Gasteiger partial charge < -0.3 is 15.4 Å². The van der Waals surface area contributed by atoms with E-state index in [1.54, 1.807) is 0 Å². The molecule has 0 saturated carbocycles. The number of aryl methyl sites for hydroxylation is 1. The smallest absolute Gasteiger partial charge is 0.258 e. The highest BCUT2D eigenvalue weighted by Gasteiger charge is 2.09. The molecule has 0 aliphatic rings. The molecule has 0 saturated heterocycles. The number of ether oxygens (including phenoxy) is 1. The average Bonchev–Trinajstić information content (AvgIpc) is 2.46. The minimum Gasteiger partial charge on any atom is -0.483 e. The van der Waals surface area contributed by atoms with Crippen LogP contribution < -0.4 is 15.4 Å². The highest BCUT2D eigenvalue weighted by atomic mass is 16.5. The second kappa shape index (κ2) is 9.40. The number of hydrogen-bond donors (Lipinski definition) is 2. The maximum absolute atomic E-state index is 11.8. The summed E-state index contributed by atoms with van der Waals surface area (Å²) in [4.78, 5) is 11.8. The minimum absolute atomic E-state index is 0.0637. The van der Waals surface area contributed by atoms with Gasteiger partial charge >= 0.3 is 0 Å². The summed E-state index contributed by atoms with van der Waals surface area (Å²) in [6, 6.07) is 6.23. The predicted molar refractivity (Wildman–Crippen MR) is 86.6 cm³/mol. The van der Waals surface area contributed by atoms with Gasteiger partial charge in [0, 0.05) is 18.2 Å². The van der Waals surface area contributed by atoms with Crippen molar-refractivity contribution in [3.63, 3.8) is 0 Å². The van der Waals surface area contributed by atoms with Crippen LogP contribution in [0.25, 0.3) is 0 Å². The normalized spacial score (nSPS) is 12.0. The van der Waals surface area contributed by atoms with Crippen LogP contribution in [0.15, 0.2) is 18.2 Å². The molecule has 0 radical (unpaired) electrons. The van der Waals surface area contributed by atoms with Gasteiger partial charge in [0.05, 0.1) is 0 Å². The van der Waals surface area contributed by atoms with Gasteiger partial charge in [-0.15, -0.1) is 0 Å². The molecule has 1 aromatic rings. The van der Waals surface area contributed by atoms with Crippen molar-refractivity contribution in [2.75, 3.05) is 13.2 Å². The lowest BCUT2D eigenvalue weighted by molar-refractivity contribution is -0.123. The van der Waals surface area contributed by atoms with Crippen LogP contribution in [-0.2, 0) is 11.3 Å². The molecule has 2 N–H and O–H groups in total. The van der Waals surface area contributed by atoms with Crippen molar-refractivity contribution in [3.8, 4) is 5.75 Å². The fourth-order valence-corrected chi connectivity index (χ4v) is 1.95. The Morgan fingerprint density at radius 3 is 2.76 bits per heavy atom. The zero-order valence-electron chi connectivity index (χ0n) is 13.7. The molecular formula is C17H28N2O2. The first-order chi connectivity index (χ1) is 10.1. The SMILES string of the molecule is CCCNCc1cc(C)ccc1OCC(=O)NC(C)CC. The quantitative estimate of drug-likeness (QED) is 0.688. The Morgan fingerprint density at radius 1 is 1.33 bits per heavy atom. The number of carbonyl (C=O) groups excluding carboxylic acids is 1. The fourth-order valence-electron chi connectivity index (χ4n) is 1.95. The van der Waals surface area contributed by atoms with Gasteiger partial charge in [0.2, 0.25) is 0 Å². The van der Waals surface area contributed by atoms with Crippen molar-refractivity contribution in [2.45, 2.75) is 53.1 Å². The van der Waals surface area contributed by atoms with Crippen LogP contribution in [0.2, 0.25) is 0 Å². The lowest BCUT2D eigenvalue weighted by atomic mass is 10.1. The van der Waals surface area contributed by atoms with E-state index in [4.69, 9.17) is 4.74 Å². The number of amides is 1. The molecule has 0 aromatic heterocycles. The van der Waals surface area contributed by atoms with Gasteiger partial charge in [-0.1, -0.05) is 31.5 Å². The number of rotatable bonds is 9. The highest BCUT2D eigenvalue weighted by Crippen LogP contribution is 2.20. The molecule has 118 valence electrons. The van der Waals surface area contributed by atoms with E-state index in [1.165, 1.54) is 5.56 Å². The van der Waals surface area contributed by atoms with Gasteiger partial charge in [-0.05, 0) is 39.3 Å². The standard InChI is InChI=1S/C17H28N2O2/c1-5-9-18-11-15-10-13(3)7-8-16(15)21-12-17(20)19-14(4)6-2/h7-8,10,14,18H,5-6,9,11-12H2,1-4H3,(H,19,20). The molecule has 0 aliphatic heterocycles. The van der Waals surface area contributed by atoms with Crippen molar-refractivity contribution in [1.82, 2.24) is 10.6 Å². The van der Waals surface area contributed by atoms with Crippen LogP contribution in [0.4, 0.5) is 0 Å². The van der Waals surface area contributed by atoms with E-state index in [0.717, 1.165) is 37.2 Å². The van der Waals surface area contributed by atoms with Crippen LogP contribution in [0.3, 0.4) is 0 Å². The monoisotopic (exact) mass is 292 g/mol. The maximum Gasteiger partial charge on any atom is 0.258 e. The lowest BCUT2D eigenvalue weighted by Gasteiger charge is -2.15. The van der Waals surface area contributed by atoms with E-state index in [1.807, 2.05) is 26.0 Å². The van der Waals surface area contributed by atoms with Crippen molar-refractivity contribution in [2.24, 2.45) is 0 Å². The summed E-state index contributed by atoms with van der Waals surface area (Å²) in [5, 5.41) is 6.27. The third-order valence-corrected chi connectivity index (χ3v) is 3.34. The van der Waals surface area contributed by atoms with Crippen molar-refractivity contribution < 1.29 is 9.53 Å². The number of nitrogens with one attached hydrogen (secondary N) is 2. The molecule has 1 rings (SSSR count). The summed E-state index contributed by atoms with van der Waals surface area (Å²) in [6.45, 7) is 10.0. The first kappa shape index (κ1) is 17.5.